The Balaban J connectivity index is 2.46. The lowest BCUT2D eigenvalue weighted by atomic mass is 9.74. The molecule has 2 N–H and O–H groups in total. The van der Waals surface area contributed by atoms with Crippen LogP contribution >= 0.6 is 11.3 Å². The first-order valence-corrected chi connectivity index (χ1v) is 9.23. The molecule has 0 spiro atoms. The molecule has 1 aliphatic rings. The normalized spacial score (nSPS) is 18.0. The summed E-state index contributed by atoms with van der Waals surface area (Å²) in [6, 6.07) is 8.61. The third kappa shape index (κ3) is 2.70. The first kappa shape index (κ1) is 19.4. The van der Waals surface area contributed by atoms with Gasteiger partial charge in [-0.2, -0.15) is 5.26 Å². The lowest BCUT2D eigenvalue weighted by Crippen LogP contribution is -2.48. The Morgan fingerprint density at radius 3 is 2.57 bits per heavy atom. The molecule has 3 rings (SSSR count). The van der Waals surface area contributed by atoms with Gasteiger partial charge in [0, 0.05) is 10.1 Å². The monoisotopic (exact) mass is 400 g/mol. The lowest BCUT2D eigenvalue weighted by Gasteiger charge is -2.32. The quantitative estimate of drug-likeness (QED) is 0.768. The zero-order valence-electron chi connectivity index (χ0n) is 15.1. The van der Waals surface area contributed by atoms with Gasteiger partial charge in [0.2, 0.25) is 16.0 Å². The molecule has 0 aliphatic carbocycles. The summed E-state index contributed by atoms with van der Waals surface area (Å²) in [4.78, 5) is 38.5. The van der Waals surface area contributed by atoms with Gasteiger partial charge in [-0.15, -0.1) is 0 Å². The van der Waals surface area contributed by atoms with Crippen LogP contribution in [0.3, 0.4) is 0 Å². The van der Waals surface area contributed by atoms with E-state index in [4.69, 9.17) is 19.9 Å². The third-order valence-electron chi connectivity index (χ3n) is 4.20. The maximum Gasteiger partial charge on any atom is 0.342 e. The second-order valence-electron chi connectivity index (χ2n) is 5.73. The van der Waals surface area contributed by atoms with Crippen LogP contribution in [-0.2, 0) is 24.5 Å². The first-order valence-electron chi connectivity index (χ1n) is 8.42. The smallest absolute Gasteiger partial charge is 0.342 e. The Morgan fingerprint density at radius 2 is 1.93 bits per heavy atom. The standard InChI is InChI=1S/C19H16N2O6S/c1-3-25-16(22)13-15(21)27-14-10-7-5-6-8-11(10)28-17(23)12(14)19(13,9-20)18(24)26-4-2/h5-8H,3-4,21H2,1-2H3. The van der Waals surface area contributed by atoms with Crippen molar-refractivity contribution in [1.29, 1.82) is 5.26 Å². The molecule has 8 nitrogen and oxygen atoms in total. The zero-order chi connectivity index (χ0) is 20.5. The molecule has 0 saturated heterocycles. The van der Waals surface area contributed by atoms with Crippen LogP contribution in [0.4, 0.5) is 0 Å². The lowest BCUT2D eigenvalue weighted by molar-refractivity contribution is -0.150. The molecule has 28 heavy (non-hydrogen) atoms. The minimum atomic E-state index is -2.39. The number of rotatable bonds is 4. The van der Waals surface area contributed by atoms with Gasteiger partial charge in [-0.1, -0.05) is 23.5 Å². The number of hydrogen-bond acceptors (Lipinski definition) is 9. The summed E-state index contributed by atoms with van der Waals surface area (Å²) in [6.07, 6.45) is 0. The van der Waals surface area contributed by atoms with Gasteiger partial charge < -0.3 is 19.9 Å². The number of nitriles is 1. The van der Waals surface area contributed by atoms with Gasteiger partial charge in [0.1, 0.15) is 11.3 Å². The van der Waals surface area contributed by atoms with Crippen LogP contribution in [-0.4, -0.2) is 25.2 Å². The average molecular weight is 400 g/mol. The maximum atomic E-state index is 13.0. The van der Waals surface area contributed by atoms with Crippen molar-refractivity contribution >= 4 is 33.4 Å². The van der Waals surface area contributed by atoms with E-state index in [-0.39, 0.29) is 24.5 Å². The van der Waals surface area contributed by atoms with Gasteiger partial charge in [0.15, 0.2) is 0 Å². The Hall–Kier alpha value is -3.38. The van der Waals surface area contributed by atoms with Crippen LogP contribution in [0.25, 0.3) is 10.1 Å². The van der Waals surface area contributed by atoms with Crippen molar-refractivity contribution in [2.45, 2.75) is 19.3 Å². The van der Waals surface area contributed by atoms with Gasteiger partial charge in [0.05, 0.1) is 24.8 Å². The molecule has 144 valence electrons. The largest absolute Gasteiger partial charge is 0.464 e. The Labute approximate surface area is 163 Å². The van der Waals surface area contributed by atoms with Gasteiger partial charge >= 0.3 is 11.9 Å². The van der Waals surface area contributed by atoms with Crippen molar-refractivity contribution in [3.05, 3.63) is 50.8 Å². The van der Waals surface area contributed by atoms with E-state index in [1.165, 1.54) is 0 Å². The van der Waals surface area contributed by atoms with E-state index in [0.29, 0.717) is 10.1 Å². The van der Waals surface area contributed by atoms with Crippen LogP contribution < -0.4 is 15.2 Å². The van der Waals surface area contributed by atoms with Crippen LogP contribution in [0.2, 0.25) is 0 Å². The Morgan fingerprint density at radius 1 is 1.25 bits per heavy atom. The second kappa shape index (κ2) is 7.32. The highest BCUT2D eigenvalue weighted by molar-refractivity contribution is 7.16. The number of carbonyl (C=O) groups excluding carboxylic acids is 2. The van der Waals surface area contributed by atoms with Gasteiger partial charge in [-0.25, -0.2) is 9.59 Å². The van der Waals surface area contributed by atoms with E-state index < -0.39 is 33.6 Å². The molecule has 1 atom stereocenters. The molecule has 1 aliphatic heterocycles. The molecule has 0 saturated carbocycles. The van der Waals surface area contributed by atoms with Crippen LogP contribution in [0.15, 0.2) is 40.5 Å². The molecule has 0 bridgehead atoms. The van der Waals surface area contributed by atoms with Crippen molar-refractivity contribution in [2.24, 2.45) is 5.73 Å². The predicted octanol–water partition coefficient (Wildman–Crippen LogP) is 1.71. The van der Waals surface area contributed by atoms with E-state index in [0.717, 1.165) is 11.3 Å². The predicted molar refractivity (Wildman–Crippen MR) is 100 cm³/mol. The number of esters is 2. The van der Waals surface area contributed by atoms with E-state index >= 15 is 0 Å². The number of carbonyl (C=O) groups is 2. The average Bonchev–Trinajstić information content (AvgIpc) is 2.67. The van der Waals surface area contributed by atoms with Gasteiger partial charge in [0.25, 0.3) is 0 Å². The highest BCUT2D eigenvalue weighted by Gasteiger charge is 2.57. The molecule has 2 heterocycles. The second-order valence-corrected chi connectivity index (χ2v) is 6.75. The summed E-state index contributed by atoms with van der Waals surface area (Å²) in [7, 11) is 0. The molecule has 0 fully saturated rings. The fourth-order valence-corrected chi connectivity index (χ4v) is 4.04. The molecule has 0 amide bonds. The summed E-state index contributed by atoms with van der Waals surface area (Å²) >= 11 is 0.828. The van der Waals surface area contributed by atoms with E-state index in [9.17, 15) is 19.6 Å². The highest BCUT2D eigenvalue weighted by Crippen LogP contribution is 2.46. The number of fused-ring (bicyclic) bond motifs is 3. The minimum absolute atomic E-state index is 0.0304. The number of nitrogens with zero attached hydrogens (tertiary/aromatic N) is 1. The fourth-order valence-electron chi connectivity index (χ4n) is 3.08. The van der Waals surface area contributed by atoms with E-state index in [2.05, 4.69) is 0 Å². The fraction of sp³-hybridized carbons (Fsp3) is 0.263. The molecule has 0 radical (unpaired) electrons. The summed E-state index contributed by atoms with van der Waals surface area (Å²) in [5.74, 6) is -2.65. The number of nitrogens with two attached hydrogens (primary N) is 1. The van der Waals surface area contributed by atoms with Crippen molar-refractivity contribution in [3.8, 4) is 11.8 Å². The molecule has 1 aromatic heterocycles. The molecular formula is C19H16N2O6S. The van der Waals surface area contributed by atoms with Crippen LogP contribution in [0, 0.1) is 11.3 Å². The van der Waals surface area contributed by atoms with Crippen LogP contribution in [0.5, 0.6) is 5.75 Å². The van der Waals surface area contributed by atoms with Crippen LogP contribution in [0.1, 0.15) is 19.4 Å². The van der Waals surface area contributed by atoms with Gasteiger partial charge in [-0.05, 0) is 26.0 Å². The molecule has 1 unspecified atom stereocenters. The first-order chi connectivity index (χ1) is 13.4. The number of benzene rings is 1. The molecule has 9 heteroatoms. The summed E-state index contributed by atoms with van der Waals surface area (Å²) < 4.78 is 15.6. The topological polar surface area (TPSA) is 129 Å². The van der Waals surface area contributed by atoms with Crippen molar-refractivity contribution in [2.75, 3.05) is 13.2 Å². The SMILES string of the molecule is CCOC(=O)C1=C(N)Oc2c(c(=O)sc3ccccc23)C1(C#N)C(=O)OCC. The molecule has 1 aromatic carbocycles. The van der Waals surface area contributed by atoms with E-state index in [1.54, 1.807) is 44.2 Å². The number of hydrogen-bond donors (Lipinski definition) is 1. The Bertz CT molecular complexity index is 1110. The summed E-state index contributed by atoms with van der Waals surface area (Å²) in [5.41, 5.74) is 2.71. The van der Waals surface area contributed by atoms with Crippen molar-refractivity contribution in [3.63, 3.8) is 0 Å². The number of ether oxygens (including phenoxy) is 3. The maximum absolute atomic E-state index is 13.0. The van der Waals surface area contributed by atoms with Crippen molar-refractivity contribution in [1.82, 2.24) is 0 Å². The third-order valence-corrected chi connectivity index (χ3v) is 5.17. The summed E-state index contributed by atoms with van der Waals surface area (Å²) in [6.45, 7) is 3.00. The van der Waals surface area contributed by atoms with E-state index in [1.807, 2.05) is 0 Å². The summed E-state index contributed by atoms with van der Waals surface area (Å²) in [5, 5.41) is 10.5. The van der Waals surface area contributed by atoms with Gasteiger partial charge in [-0.3, -0.25) is 4.79 Å². The highest BCUT2D eigenvalue weighted by atomic mass is 32.1. The zero-order valence-corrected chi connectivity index (χ0v) is 15.9. The van der Waals surface area contributed by atoms with Crippen molar-refractivity contribution < 1.29 is 23.8 Å². The Kier molecular flexibility index (Phi) is 5.07. The minimum Gasteiger partial charge on any atom is -0.464 e. The molecule has 2 aromatic rings. The molecular weight excluding hydrogens is 384 g/mol.